The van der Waals surface area contributed by atoms with Crippen LogP contribution in [0.2, 0.25) is 0 Å². The summed E-state index contributed by atoms with van der Waals surface area (Å²) < 4.78 is 10.6. The Morgan fingerprint density at radius 3 is 3.19 bits per heavy atom. The van der Waals surface area contributed by atoms with Crippen molar-refractivity contribution in [2.24, 2.45) is 0 Å². The van der Waals surface area contributed by atoms with E-state index < -0.39 is 0 Å². The Balaban J connectivity index is 1.79. The highest BCUT2D eigenvalue weighted by atomic mass is 32.1. The maximum absolute atomic E-state index is 11.5. The minimum absolute atomic E-state index is 0.221. The molecule has 1 aromatic heterocycles. The van der Waals surface area contributed by atoms with Gasteiger partial charge in [-0.25, -0.2) is 4.98 Å². The molecule has 5 heteroatoms. The monoisotopic (exact) mass is 303 g/mol. The first kappa shape index (κ1) is 14.1. The van der Waals surface area contributed by atoms with E-state index in [0.717, 1.165) is 22.9 Å². The Labute approximate surface area is 127 Å². The lowest BCUT2D eigenvalue weighted by Crippen LogP contribution is -2.15. The van der Waals surface area contributed by atoms with Crippen molar-refractivity contribution >= 4 is 17.3 Å². The number of ether oxygens (including phenoxy) is 2. The number of thiazole rings is 1. The van der Waals surface area contributed by atoms with Crippen molar-refractivity contribution in [2.45, 2.75) is 25.7 Å². The lowest BCUT2D eigenvalue weighted by molar-refractivity contribution is -0.142. The van der Waals surface area contributed by atoms with Crippen LogP contribution in [0.15, 0.2) is 29.6 Å². The first-order valence-corrected chi connectivity index (χ1v) is 7.97. The molecule has 0 amide bonds. The molecule has 0 aliphatic carbocycles. The van der Waals surface area contributed by atoms with Crippen LogP contribution in [0.1, 0.15) is 35.5 Å². The predicted molar refractivity (Wildman–Crippen MR) is 80.8 cm³/mol. The molecule has 1 atom stereocenters. The molecule has 0 N–H and O–H groups in total. The van der Waals surface area contributed by atoms with E-state index >= 15 is 0 Å². The van der Waals surface area contributed by atoms with Crippen LogP contribution in [0.25, 0.3) is 0 Å². The lowest BCUT2D eigenvalue weighted by Gasteiger charge is -2.24. The van der Waals surface area contributed by atoms with Crippen molar-refractivity contribution < 1.29 is 14.3 Å². The molecule has 0 saturated carbocycles. The van der Waals surface area contributed by atoms with Gasteiger partial charge in [0.1, 0.15) is 10.8 Å². The quantitative estimate of drug-likeness (QED) is 0.814. The van der Waals surface area contributed by atoms with Crippen LogP contribution in [0, 0.1) is 0 Å². The van der Waals surface area contributed by atoms with Gasteiger partial charge < -0.3 is 9.47 Å². The number of benzene rings is 1. The number of hydrogen-bond donors (Lipinski definition) is 0. The number of aromatic nitrogens is 1. The lowest BCUT2D eigenvalue weighted by atomic mass is 9.94. The number of hydrogen-bond acceptors (Lipinski definition) is 5. The van der Waals surface area contributed by atoms with Crippen molar-refractivity contribution in [2.75, 3.05) is 13.2 Å². The van der Waals surface area contributed by atoms with Gasteiger partial charge in [0, 0.05) is 16.9 Å². The molecule has 1 aromatic carbocycles. The van der Waals surface area contributed by atoms with E-state index in [1.807, 2.05) is 30.5 Å². The van der Waals surface area contributed by atoms with Crippen LogP contribution in [-0.2, 0) is 16.0 Å². The maximum Gasteiger partial charge on any atom is 0.311 e. The second-order valence-corrected chi connectivity index (χ2v) is 5.78. The average Bonchev–Trinajstić information content (AvgIpc) is 2.95. The van der Waals surface area contributed by atoms with Gasteiger partial charge in [-0.15, -0.1) is 11.3 Å². The first-order valence-electron chi connectivity index (χ1n) is 7.09. The summed E-state index contributed by atoms with van der Waals surface area (Å²) in [4.78, 5) is 16.1. The van der Waals surface area contributed by atoms with Gasteiger partial charge >= 0.3 is 5.97 Å². The zero-order valence-electron chi connectivity index (χ0n) is 11.9. The third-order valence-electron chi connectivity index (χ3n) is 3.46. The first-order chi connectivity index (χ1) is 10.3. The molecule has 1 aliphatic heterocycles. The van der Waals surface area contributed by atoms with Crippen LogP contribution in [0.4, 0.5) is 0 Å². The third kappa shape index (κ3) is 3.08. The van der Waals surface area contributed by atoms with E-state index in [9.17, 15) is 4.79 Å². The summed E-state index contributed by atoms with van der Waals surface area (Å²) in [7, 11) is 0. The molecule has 0 saturated heterocycles. The van der Waals surface area contributed by atoms with Crippen molar-refractivity contribution in [3.8, 4) is 5.75 Å². The Hall–Kier alpha value is -1.88. The number of carbonyl (C=O) groups excluding carboxylic acids is 1. The Bertz CT molecular complexity index is 638. The van der Waals surface area contributed by atoms with E-state index in [4.69, 9.17) is 9.47 Å². The van der Waals surface area contributed by atoms with Crippen molar-refractivity contribution in [1.82, 2.24) is 4.98 Å². The zero-order chi connectivity index (χ0) is 14.7. The van der Waals surface area contributed by atoms with Gasteiger partial charge in [-0.2, -0.15) is 0 Å². The number of carbonyl (C=O) groups is 1. The van der Waals surface area contributed by atoms with E-state index in [1.54, 1.807) is 11.3 Å². The zero-order valence-corrected chi connectivity index (χ0v) is 12.7. The second-order valence-electron chi connectivity index (χ2n) is 4.89. The summed E-state index contributed by atoms with van der Waals surface area (Å²) in [6.45, 7) is 2.92. The van der Waals surface area contributed by atoms with Crippen LogP contribution in [0.3, 0.4) is 0 Å². The van der Waals surface area contributed by atoms with Gasteiger partial charge in [0.2, 0.25) is 0 Å². The van der Waals surface area contributed by atoms with Crippen LogP contribution in [0.5, 0.6) is 5.75 Å². The highest BCUT2D eigenvalue weighted by Gasteiger charge is 2.25. The third-order valence-corrected chi connectivity index (χ3v) is 4.46. The summed E-state index contributed by atoms with van der Waals surface area (Å²) >= 11 is 1.61. The fourth-order valence-electron chi connectivity index (χ4n) is 2.52. The Morgan fingerprint density at radius 2 is 2.33 bits per heavy atom. The van der Waals surface area contributed by atoms with Gasteiger partial charge in [-0.1, -0.05) is 18.2 Å². The SMILES string of the molecule is CCOC(=O)Cc1csc(C2CCOc3ccccc32)n1. The van der Waals surface area contributed by atoms with Gasteiger partial charge in [0.15, 0.2) is 0 Å². The minimum Gasteiger partial charge on any atom is -0.493 e. The van der Waals surface area contributed by atoms with Crippen LogP contribution < -0.4 is 4.74 Å². The van der Waals surface area contributed by atoms with E-state index in [0.29, 0.717) is 13.2 Å². The van der Waals surface area contributed by atoms with Crippen molar-refractivity contribution in [3.05, 3.63) is 45.9 Å². The summed E-state index contributed by atoms with van der Waals surface area (Å²) in [5.41, 5.74) is 1.97. The topological polar surface area (TPSA) is 48.4 Å². The molecule has 21 heavy (non-hydrogen) atoms. The molecule has 4 nitrogen and oxygen atoms in total. The fourth-order valence-corrected chi connectivity index (χ4v) is 3.49. The van der Waals surface area contributed by atoms with E-state index in [-0.39, 0.29) is 18.3 Å². The molecule has 2 aromatic rings. The maximum atomic E-state index is 11.5. The minimum atomic E-state index is -0.221. The smallest absolute Gasteiger partial charge is 0.311 e. The van der Waals surface area contributed by atoms with Gasteiger partial charge in [0.25, 0.3) is 0 Å². The molecule has 1 unspecified atom stereocenters. The molecular weight excluding hydrogens is 286 g/mol. The van der Waals surface area contributed by atoms with E-state index in [1.165, 1.54) is 5.56 Å². The van der Waals surface area contributed by atoms with E-state index in [2.05, 4.69) is 11.1 Å². The highest BCUT2D eigenvalue weighted by molar-refractivity contribution is 7.09. The molecule has 3 rings (SSSR count). The molecule has 1 aliphatic rings. The Morgan fingerprint density at radius 1 is 1.48 bits per heavy atom. The largest absolute Gasteiger partial charge is 0.493 e. The second kappa shape index (κ2) is 6.26. The fraction of sp³-hybridized carbons (Fsp3) is 0.375. The summed E-state index contributed by atoms with van der Waals surface area (Å²) in [5, 5.41) is 3.00. The molecule has 110 valence electrons. The Kier molecular flexibility index (Phi) is 4.20. The molecule has 2 heterocycles. The number of fused-ring (bicyclic) bond motifs is 1. The highest BCUT2D eigenvalue weighted by Crippen LogP contribution is 2.38. The van der Waals surface area contributed by atoms with Crippen LogP contribution in [-0.4, -0.2) is 24.2 Å². The molecule has 0 radical (unpaired) electrons. The predicted octanol–water partition coefficient (Wildman–Crippen LogP) is 3.16. The van der Waals surface area contributed by atoms with Crippen LogP contribution >= 0.6 is 11.3 Å². The number of nitrogens with zero attached hydrogens (tertiary/aromatic N) is 1. The molecular formula is C16H17NO3S. The average molecular weight is 303 g/mol. The van der Waals surface area contributed by atoms with Crippen molar-refractivity contribution in [3.63, 3.8) is 0 Å². The number of para-hydroxylation sites is 1. The van der Waals surface area contributed by atoms with Crippen molar-refractivity contribution in [1.29, 1.82) is 0 Å². The molecule has 0 fully saturated rings. The summed E-state index contributed by atoms with van der Waals surface area (Å²) in [5.74, 6) is 0.980. The standard InChI is InChI=1S/C16H17NO3S/c1-2-19-15(18)9-11-10-21-16(17-11)13-7-8-20-14-6-4-3-5-12(13)14/h3-6,10,13H,2,7-9H2,1H3. The number of esters is 1. The summed E-state index contributed by atoms with van der Waals surface area (Å²) in [6.07, 6.45) is 1.17. The molecule has 0 spiro atoms. The molecule has 0 bridgehead atoms. The van der Waals surface area contributed by atoms with Gasteiger partial charge in [-0.3, -0.25) is 4.79 Å². The number of rotatable bonds is 4. The normalized spacial score (nSPS) is 16.9. The van der Waals surface area contributed by atoms with Gasteiger partial charge in [-0.05, 0) is 19.4 Å². The van der Waals surface area contributed by atoms with Gasteiger partial charge in [0.05, 0.1) is 25.3 Å². The summed E-state index contributed by atoms with van der Waals surface area (Å²) in [6, 6.07) is 8.09.